The summed E-state index contributed by atoms with van der Waals surface area (Å²) in [5.41, 5.74) is 18.3. The van der Waals surface area contributed by atoms with E-state index in [1.807, 2.05) is 0 Å². The zero-order chi connectivity index (χ0) is 68.3. The van der Waals surface area contributed by atoms with Gasteiger partial charge in [0.05, 0.1) is 24.0 Å². The summed E-state index contributed by atoms with van der Waals surface area (Å²) < 4.78 is 41.2. The van der Waals surface area contributed by atoms with Crippen molar-refractivity contribution in [1.82, 2.24) is 0 Å². The standard InChI is InChI=1S/C92H88O6S2/c1-11-87(12-2)45-49-89(50-46-87)73-21-17-15-19-65(73)79-69-53-75-77(99-85(5,6)95-75)55-71(69)83-67(81(79)89)41-43-91(97-83,61-33-37-63(93-9)38-34-61)59-29-25-57(26-30-59)23-24-58-27-31-60(32-28-58)92(62-35-39-64(94-10)40-36-62)44-42-68-82-80(70-54-76-78(100-86(7,8)96-76)56-72(70)84(68)98-92)66-20-16-18-22-74(66)90(82)51-47-88(13-3,14-4)48-52-90/h15-44,53-56H,11-14,45-52H2,1-10H3/b24-23+. The Morgan fingerprint density at radius 1 is 0.400 bits per heavy atom. The Morgan fingerprint density at radius 3 is 1.10 bits per heavy atom. The molecule has 0 N–H and O–H groups in total. The van der Waals surface area contributed by atoms with E-state index in [9.17, 15) is 0 Å². The Labute approximate surface area is 598 Å². The molecule has 10 aromatic rings. The van der Waals surface area contributed by atoms with E-state index in [2.05, 4.69) is 262 Å². The third kappa shape index (κ3) is 9.43. The van der Waals surface area contributed by atoms with Gasteiger partial charge in [-0.2, -0.15) is 0 Å². The second kappa shape index (κ2) is 23.0. The third-order valence-corrected chi connectivity index (χ3v) is 27.8. The Kier molecular flexibility index (Phi) is 14.6. The normalized spacial score (nSPS) is 21.8. The summed E-state index contributed by atoms with van der Waals surface area (Å²) in [5, 5.41) is 4.63. The lowest BCUT2D eigenvalue weighted by molar-refractivity contribution is 0.132. The second-order valence-corrected chi connectivity index (χ2v) is 34.2. The quantitative estimate of drug-likeness (QED) is 0.112. The van der Waals surface area contributed by atoms with E-state index >= 15 is 0 Å². The number of benzene rings is 10. The molecule has 2 atom stereocenters. The van der Waals surface area contributed by atoms with Crippen molar-refractivity contribution < 1.29 is 28.4 Å². The highest BCUT2D eigenvalue weighted by Gasteiger charge is 2.55. The van der Waals surface area contributed by atoms with Crippen LogP contribution < -0.4 is 28.4 Å². The molecule has 0 radical (unpaired) electrons. The van der Waals surface area contributed by atoms with Gasteiger partial charge in [0, 0.05) is 55.0 Å². The Balaban J connectivity index is 0.721. The van der Waals surface area contributed by atoms with Gasteiger partial charge >= 0.3 is 0 Å². The van der Waals surface area contributed by atoms with Crippen LogP contribution in [0.1, 0.15) is 199 Å². The first-order valence-electron chi connectivity index (χ1n) is 36.7. The van der Waals surface area contributed by atoms with E-state index in [1.54, 1.807) is 37.7 Å². The van der Waals surface area contributed by atoms with Gasteiger partial charge in [0.1, 0.15) is 34.5 Å². The minimum atomic E-state index is -0.976. The first-order chi connectivity index (χ1) is 48.5. The van der Waals surface area contributed by atoms with Gasteiger partial charge in [0.2, 0.25) is 0 Å². The highest BCUT2D eigenvalue weighted by molar-refractivity contribution is 8.01. The molecule has 18 rings (SSSR count). The van der Waals surface area contributed by atoms with Crippen LogP contribution in [0.2, 0.25) is 0 Å². The fourth-order valence-electron chi connectivity index (χ4n) is 19.6. The third-order valence-electron chi connectivity index (χ3n) is 25.5. The molecule has 0 saturated heterocycles. The molecule has 4 aliphatic carbocycles. The summed E-state index contributed by atoms with van der Waals surface area (Å²) in [6, 6.07) is 63.0. The molecule has 0 amide bonds. The number of fused-ring (bicyclic) bond motifs is 22. The summed E-state index contributed by atoms with van der Waals surface area (Å²) in [7, 11) is 3.46. The van der Waals surface area contributed by atoms with Crippen molar-refractivity contribution >= 4 is 69.4 Å². The van der Waals surface area contributed by atoms with Gasteiger partial charge in [0.15, 0.2) is 21.1 Å². The maximum Gasteiger partial charge on any atom is 0.178 e. The van der Waals surface area contributed by atoms with Crippen molar-refractivity contribution in [1.29, 1.82) is 0 Å². The Bertz CT molecular complexity index is 4760. The van der Waals surface area contributed by atoms with Crippen LogP contribution in [0, 0.1) is 10.8 Å². The van der Waals surface area contributed by atoms with Gasteiger partial charge in [-0.1, -0.05) is 223 Å². The second-order valence-electron chi connectivity index (χ2n) is 30.9. The van der Waals surface area contributed by atoms with E-state index in [4.69, 9.17) is 28.4 Å². The molecular weight excluding hydrogens is 1270 g/mol. The number of rotatable bonds is 12. The molecule has 2 fully saturated rings. The zero-order valence-corrected chi connectivity index (χ0v) is 61.0. The summed E-state index contributed by atoms with van der Waals surface area (Å²) >= 11 is 3.57. The molecule has 6 nitrogen and oxygen atoms in total. The van der Waals surface area contributed by atoms with E-state index in [0.29, 0.717) is 10.8 Å². The number of hydrogen-bond acceptors (Lipinski definition) is 8. The van der Waals surface area contributed by atoms with Crippen molar-refractivity contribution in [3.05, 3.63) is 249 Å². The molecule has 2 saturated carbocycles. The topological polar surface area (TPSA) is 55.4 Å². The predicted octanol–water partition coefficient (Wildman–Crippen LogP) is 24.6. The largest absolute Gasteiger partial charge is 0.497 e. The van der Waals surface area contributed by atoms with Gasteiger partial charge in [-0.15, -0.1) is 0 Å². The number of ether oxygens (including phenoxy) is 6. The maximum atomic E-state index is 8.03. The molecule has 10 aromatic carbocycles. The molecular formula is C92H88O6S2. The summed E-state index contributed by atoms with van der Waals surface area (Å²) in [4.78, 5) is 1.49. The van der Waals surface area contributed by atoms with Crippen molar-refractivity contribution in [2.45, 2.75) is 174 Å². The lowest BCUT2D eigenvalue weighted by atomic mass is 9.58. The molecule has 0 bridgehead atoms. The molecule has 2 spiro atoms. The van der Waals surface area contributed by atoms with Crippen LogP contribution in [-0.4, -0.2) is 24.1 Å². The molecule has 0 aromatic heterocycles. The van der Waals surface area contributed by atoms with Crippen LogP contribution in [0.5, 0.6) is 34.5 Å². The van der Waals surface area contributed by atoms with Crippen LogP contribution in [0.25, 0.3) is 68.1 Å². The van der Waals surface area contributed by atoms with Crippen molar-refractivity contribution in [2.24, 2.45) is 10.8 Å². The van der Waals surface area contributed by atoms with Gasteiger partial charge in [-0.3, -0.25) is 0 Å². The van der Waals surface area contributed by atoms with Gasteiger partial charge in [-0.05, 0) is 217 Å². The Morgan fingerprint density at radius 2 is 0.750 bits per heavy atom. The average Bonchev–Trinajstić information content (AvgIpc) is 1.14. The SMILES string of the molecule is CCC1(CC)CCC2(CC1)c1ccccc1-c1c2c2c(c3cc4c(cc13)OC(C)(C)S4)OC(c1ccc(/C=C/c3ccc(C4(c5ccc(OC)cc5)C=Cc5c6c(c7cc8c(cc7c5O4)SC(C)(C)O8)-c4ccccc4C64CCC(CC)(CC)CC4)cc3)cc1)(c1ccc(OC)cc1)C=C2. The minimum Gasteiger partial charge on any atom is -0.497 e. The lowest BCUT2D eigenvalue weighted by Gasteiger charge is -2.47. The molecule has 8 heteroatoms. The van der Waals surface area contributed by atoms with Crippen LogP contribution in [0.3, 0.4) is 0 Å². The molecule has 8 aliphatic rings. The van der Waals surface area contributed by atoms with E-state index in [1.165, 1.54) is 118 Å². The first-order valence-corrected chi connectivity index (χ1v) is 38.4. The molecule has 4 aliphatic heterocycles. The Hall–Kier alpha value is -8.56. The number of thioether (sulfide) groups is 2. The zero-order valence-electron chi connectivity index (χ0n) is 59.4. The van der Waals surface area contributed by atoms with Crippen LogP contribution in [0.4, 0.5) is 0 Å². The van der Waals surface area contributed by atoms with Gasteiger partial charge in [0.25, 0.3) is 0 Å². The van der Waals surface area contributed by atoms with Gasteiger partial charge in [-0.25, -0.2) is 0 Å². The van der Waals surface area contributed by atoms with Crippen molar-refractivity contribution in [3.63, 3.8) is 0 Å². The summed E-state index contributed by atoms with van der Waals surface area (Å²) in [6.07, 6.45) is 28.1. The molecule has 4 heterocycles. The maximum absolute atomic E-state index is 8.03. The summed E-state index contributed by atoms with van der Waals surface area (Å²) in [5.74, 6) is 5.36. The highest BCUT2D eigenvalue weighted by Crippen LogP contribution is 2.68. The van der Waals surface area contributed by atoms with Crippen LogP contribution in [0.15, 0.2) is 192 Å². The van der Waals surface area contributed by atoms with E-state index in [0.717, 1.165) is 114 Å². The molecule has 504 valence electrons. The number of hydrogen-bond donors (Lipinski definition) is 0. The summed E-state index contributed by atoms with van der Waals surface area (Å²) in [6.45, 7) is 18.3. The smallest absolute Gasteiger partial charge is 0.178 e. The van der Waals surface area contributed by atoms with Gasteiger partial charge < -0.3 is 28.4 Å². The monoisotopic (exact) mass is 1350 g/mol. The van der Waals surface area contributed by atoms with Crippen LogP contribution in [-0.2, 0) is 22.0 Å². The van der Waals surface area contributed by atoms with E-state index in [-0.39, 0.29) is 10.8 Å². The van der Waals surface area contributed by atoms with E-state index < -0.39 is 21.1 Å². The fourth-order valence-corrected chi connectivity index (χ4v) is 21.7. The van der Waals surface area contributed by atoms with Crippen LogP contribution >= 0.6 is 23.5 Å². The highest BCUT2D eigenvalue weighted by atomic mass is 32.2. The van der Waals surface area contributed by atoms with Crippen molar-refractivity contribution in [2.75, 3.05) is 14.2 Å². The molecule has 100 heavy (non-hydrogen) atoms. The minimum absolute atomic E-state index is 0.147. The molecule has 2 unspecified atom stereocenters. The number of methoxy groups -OCH3 is 2. The average molecular weight is 1350 g/mol. The van der Waals surface area contributed by atoms with Crippen molar-refractivity contribution in [3.8, 4) is 56.8 Å². The predicted molar refractivity (Wildman–Crippen MR) is 413 cm³/mol. The fraction of sp³-hybridized carbons (Fsp3) is 0.326. The first kappa shape index (κ1) is 63.6. The lowest BCUT2D eigenvalue weighted by Crippen LogP contribution is -2.38.